The van der Waals surface area contributed by atoms with Gasteiger partial charge in [-0.25, -0.2) is 4.98 Å². The van der Waals surface area contributed by atoms with Crippen LogP contribution < -0.4 is 4.90 Å². The van der Waals surface area contributed by atoms with E-state index in [1.165, 1.54) is 12.2 Å². The van der Waals surface area contributed by atoms with E-state index in [2.05, 4.69) is 34.8 Å². The van der Waals surface area contributed by atoms with Gasteiger partial charge < -0.3 is 9.64 Å². The molecule has 2 aromatic rings. The van der Waals surface area contributed by atoms with Crippen molar-refractivity contribution in [3.8, 4) is 0 Å². The van der Waals surface area contributed by atoms with Crippen LogP contribution in [-0.4, -0.2) is 64.9 Å². The minimum Gasteiger partial charge on any atom is -0.379 e. The molecule has 2 fully saturated rings. The molecule has 23 heavy (non-hydrogen) atoms. The van der Waals surface area contributed by atoms with E-state index in [1.54, 1.807) is 0 Å². The quantitative estimate of drug-likeness (QED) is 0.864. The fraction of sp³-hybridized carbons (Fsp3) is 0.647. The van der Waals surface area contributed by atoms with Crippen molar-refractivity contribution in [1.29, 1.82) is 0 Å². The molecule has 1 atom stereocenters. The van der Waals surface area contributed by atoms with E-state index in [1.807, 2.05) is 16.8 Å². The van der Waals surface area contributed by atoms with Gasteiger partial charge in [0.1, 0.15) is 5.82 Å². The lowest BCUT2D eigenvalue weighted by molar-refractivity contribution is 0.0209. The first-order valence-electron chi connectivity index (χ1n) is 8.64. The van der Waals surface area contributed by atoms with Crippen molar-refractivity contribution in [2.75, 3.05) is 44.3 Å². The molecule has 0 aromatic carbocycles. The van der Waals surface area contributed by atoms with Crippen LogP contribution in [0.5, 0.6) is 0 Å². The van der Waals surface area contributed by atoms with Crippen molar-refractivity contribution in [2.45, 2.75) is 32.2 Å². The van der Waals surface area contributed by atoms with Crippen LogP contribution in [-0.2, 0) is 4.74 Å². The molecule has 0 amide bonds. The molecule has 0 aliphatic carbocycles. The summed E-state index contributed by atoms with van der Waals surface area (Å²) in [6.07, 6.45) is 3.05. The van der Waals surface area contributed by atoms with Crippen molar-refractivity contribution in [3.63, 3.8) is 0 Å². The van der Waals surface area contributed by atoms with Gasteiger partial charge in [0.25, 0.3) is 0 Å². The van der Waals surface area contributed by atoms with E-state index in [0.717, 1.165) is 50.7 Å². The molecule has 1 unspecified atom stereocenters. The highest BCUT2D eigenvalue weighted by Gasteiger charge is 2.30. The molecule has 4 rings (SSSR count). The average molecular weight is 315 g/mol. The van der Waals surface area contributed by atoms with Crippen LogP contribution in [0.25, 0.3) is 5.65 Å². The number of hydrogen-bond donors (Lipinski definition) is 0. The fourth-order valence-corrected chi connectivity index (χ4v) is 3.63. The maximum atomic E-state index is 5.48. The summed E-state index contributed by atoms with van der Waals surface area (Å²) < 4.78 is 7.46. The van der Waals surface area contributed by atoms with Crippen molar-refractivity contribution in [3.05, 3.63) is 24.0 Å². The number of ether oxygens (including phenoxy) is 1. The first-order chi connectivity index (χ1) is 11.2. The summed E-state index contributed by atoms with van der Waals surface area (Å²) in [6, 6.07) is 4.83. The molecule has 0 saturated carbocycles. The predicted octanol–water partition coefficient (Wildman–Crippen LogP) is 1.76. The summed E-state index contributed by atoms with van der Waals surface area (Å²) in [5, 5.41) is 4.48. The second-order valence-electron chi connectivity index (χ2n) is 6.83. The zero-order chi connectivity index (χ0) is 15.8. The summed E-state index contributed by atoms with van der Waals surface area (Å²) >= 11 is 0. The van der Waals surface area contributed by atoms with Gasteiger partial charge in [0.15, 0.2) is 5.65 Å². The summed E-state index contributed by atoms with van der Waals surface area (Å²) in [5.74, 6) is 1.60. The smallest absolute Gasteiger partial charge is 0.157 e. The van der Waals surface area contributed by atoms with Crippen molar-refractivity contribution < 1.29 is 4.74 Å². The Bertz CT molecular complexity index is 677. The van der Waals surface area contributed by atoms with E-state index in [4.69, 9.17) is 9.72 Å². The zero-order valence-electron chi connectivity index (χ0n) is 14.0. The second kappa shape index (κ2) is 6.09. The molecule has 124 valence electrons. The molecule has 2 aromatic heterocycles. The van der Waals surface area contributed by atoms with Gasteiger partial charge in [-0.3, -0.25) is 4.90 Å². The lowest BCUT2D eigenvalue weighted by Gasteiger charge is -2.32. The van der Waals surface area contributed by atoms with Gasteiger partial charge in [0, 0.05) is 50.0 Å². The first-order valence-corrected chi connectivity index (χ1v) is 8.64. The number of aromatic nitrogens is 3. The third-order valence-corrected chi connectivity index (χ3v) is 5.00. The van der Waals surface area contributed by atoms with E-state index >= 15 is 0 Å². The maximum absolute atomic E-state index is 5.48. The highest BCUT2D eigenvalue weighted by molar-refractivity contribution is 5.52. The van der Waals surface area contributed by atoms with Gasteiger partial charge in [-0.05, 0) is 12.3 Å². The van der Waals surface area contributed by atoms with Gasteiger partial charge >= 0.3 is 0 Å². The standard InChI is InChI=1S/C17H25N5O/c1-13(2)15-11-17(22-16(19-15)3-5-18-22)21-6-4-14(12-21)20-7-9-23-10-8-20/h3,5,11,13-14H,4,6-10,12H2,1-2H3. The van der Waals surface area contributed by atoms with Crippen molar-refractivity contribution in [1.82, 2.24) is 19.5 Å². The normalized spacial score (nSPS) is 23.3. The number of anilines is 1. The van der Waals surface area contributed by atoms with Crippen LogP contribution >= 0.6 is 0 Å². The largest absolute Gasteiger partial charge is 0.379 e. The van der Waals surface area contributed by atoms with E-state index in [9.17, 15) is 0 Å². The Morgan fingerprint density at radius 1 is 1.22 bits per heavy atom. The third-order valence-electron chi connectivity index (χ3n) is 5.00. The van der Waals surface area contributed by atoms with Gasteiger partial charge in [-0.1, -0.05) is 13.8 Å². The molecular formula is C17H25N5O. The molecule has 6 nitrogen and oxygen atoms in total. The Morgan fingerprint density at radius 2 is 2.04 bits per heavy atom. The number of rotatable bonds is 3. The summed E-state index contributed by atoms with van der Waals surface area (Å²) in [6.45, 7) is 10.4. The topological polar surface area (TPSA) is 45.9 Å². The summed E-state index contributed by atoms with van der Waals surface area (Å²) in [5.41, 5.74) is 2.09. The minimum atomic E-state index is 0.422. The molecule has 0 spiro atoms. The van der Waals surface area contributed by atoms with E-state index in [0.29, 0.717) is 12.0 Å². The van der Waals surface area contributed by atoms with Crippen molar-refractivity contribution >= 4 is 11.5 Å². The lowest BCUT2D eigenvalue weighted by atomic mass is 10.1. The number of nitrogens with zero attached hydrogens (tertiary/aromatic N) is 5. The van der Waals surface area contributed by atoms with Crippen LogP contribution in [0.4, 0.5) is 5.82 Å². The molecule has 2 saturated heterocycles. The summed E-state index contributed by atoms with van der Waals surface area (Å²) in [4.78, 5) is 9.77. The first kappa shape index (κ1) is 14.9. The Balaban J connectivity index is 1.60. The molecule has 0 radical (unpaired) electrons. The monoisotopic (exact) mass is 315 g/mol. The lowest BCUT2D eigenvalue weighted by Crippen LogP contribution is -2.44. The number of hydrogen-bond acceptors (Lipinski definition) is 5. The number of fused-ring (bicyclic) bond motifs is 1. The summed E-state index contributed by atoms with van der Waals surface area (Å²) in [7, 11) is 0. The number of morpholine rings is 1. The SMILES string of the molecule is CC(C)c1cc(N2CCC(N3CCOCC3)C2)n2nccc2n1. The zero-order valence-corrected chi connectivity index (χ0v) is 14.0. The third kappa shape index (κ3) is 2.81. The fourth-order valence-electron chi connectivity index (χ4n) is 3.63. The molecule has 0 N–H and O–H groups in total. The predicted molar refractivity (Wildman–Crippen MR) is 90.1 cm³/mol. The minimum absolute atomic E-state index is 0.422. The molecular weight excluding hydrogens is 290 g/mol. The molecule has 2 aliphatic heterocycles. The Labute approximate surface area is 137 Å². The Hall–Kier alpha value is -1.66. The van der Waals surface area contributed by atoms with Gasteiger partial charge in [0.05, 0.1) is 19.4 Å². The van der Waals surface area contributed by atoms with Crippen LogP contribution in [0.3, 0.4) is 0 Å². The van der Waals surface area contributed by atoms with Crippen LogP contribution in [0, 0.1) is 0 Å². The molecule has 6 heteroatoms. The highest BCUT2D eigenvalue weighted by Crippen LogP contribution is 2.26. The van der Waals surface area contributed by atoms with Crippen LogP contribution in [0.2, 0.25) is 0 Å². The van der Waals surface area contributed by atoms with Gasteiger partial charge in [0.2, 0.25) is 0 Å². The van der Waals surface area contributed by atoms with Crippen molar-refractivity contribution in [2.24, 2.45) is 0 Å². The average Bonchev–Trinajstić information content (AvgIpc) is 3.24. The van der Waals surface area contributed by atoms with Crippen LogP contribution in [0.15, 0.2) is 18.3 Å². The molecule has 4 heterocycles. The Morgan fingerprint density at radius 3 is 2.83 bits per heavy atom. The van der Waals surface area contributed by atoms with Crippen LogP contribution in [0.1, 0.15) is 31.9 Å². The van der Waals surface area contributed by atoms with Gasteiger partial charge in [-0.15, -0.1) is 0 Å². The van der Waals surface area contributed by atoms with Gasteiger partial charge in [-0.2, -0.15) is 9.61 Å². The maximum Gasteiger partial charge on any atom is 0.157 e. The molecule has 0 bridgehead atoms. The molecule has 2 aliphatic rings. The Kier molecular flexibility index (Phi) is 3.95. The second-order valence-corrected chi connectivity index (χ2v) is 6.83. The van der Waals surface area contributed by atoms with E-state index in [-0.39, 0.29) is 0 Å². The highest BCUT2D eigenvalue weighted by atomic mass is 16.5. The van der Waals surface area contributed by atoms with E-state index < -0.39 is 0 Å².